The van der Waals surface area contributed by atoms with E-state index in [0.29, 0.717) is 18.5 Å². The van der Waals surface area contributed by atoms with E-state index >= 15 is 0 Å². The molecule has 0 bridgehead atoms. The van der Waals surface area contributed by atoms with Gasteiger partial charge in [-0.25, -0.2) is 9.18 Å². The molecule has 3 N–H and O–H groups in total. The maximum Gasteiger partial charge on any atom is 0.408 e. The van der Waals surface area contributed by atoms with E-state index in [-0.39, 0.29) is 24.6 Å². The Labute approximate surface area is 212 Å². The first-order chi connectivity index (χ1) is 16.9. The number of hydrogen-bond donors (Lipinski definition) is 3. The van der Waals surface area contributed by atoms with Crippen molar-refractivity contribution in [2.75, 3.05) is 20.1 Å². The number of carbonyl (C=O) groups is 3. The van der Waals surface area contributed by atoms with Gasteiger partial charge < -0.3 is 25.4 Å². The van der Waals surface area contributed by atoms with Crippen molar-refractivity contribution in [3.63, 3.8) is 0 Å². The topological polar surface area (TPSA) is 108 Å². The summed E-state index contributed by atoms with van der Waals surface area (Å²) in [5.74, 6) is -1.08. The number of nitrogens with one attached hydrogen (secondary N) is 2. The maximum absolute atomic E-state index is 13.3. The van der Waals surface area contributed by atoms with E-state index in [0.717, 1.165) is 5.56 Å². The molecule has 36 heavy (non-hydrogen) atoms. The van der Waals surface area contributed by atoms with Crippen LogP contribution in [0.15, 0.2) is 48.5 Å². The van der Waals surface area contributed by atoms with Gasteiger partial charge in [-0.05, 0) is 62.6 Å². The van der Waals surface area contributed by atoms with Gasteiger partial charge in [0.05, 0.1) is 6.54 Å². The van der Waals surface area contributed by atoms with Crippen LogP contribution < -0.4 is 10.6 Å². The van der Waals surface area contributed by atoms with Crippen molar-refractivity contribution in [2.45, 2.75) is 59.1 Å². The van der Waals surface area contributed by atoms with Crippen molar-refractivity contribution in [3.8, 4) is 5.75 Å². The second kappa shape index (κ2) is 14.7. The van der Waals surface area contributed by atoms with E-state index in [4.69, 9.17) is 4.74 Å². The fourth-order valence-corrected chi connectivity index (χ4v) is 3.13. The number of ether oxygens (including phenoxy) is 1. The lowest BCUT2D eigenvalue weighted by Gasteiger charge is -2.26. The van der Waals surface area contributed by atoms with Gasteiger partial charge in [0.15, 0.2) is 0 Å². The molecule has 2 aromatic carbocycles. The van der Waals surface area contributed by atoms with E-state index < -0.39 is 29.5 Å². The zero-order chi connectivity index (χ0) is 27.3. The van der Waals surface area contributed by atoms with E-state index in [1.807, 2.05) is 13.8 Å². The molecule has 3 amide bonds. The normalized spacial score (nSPS) is 11.4. The molecular weight excluding hydrogens is 465 g/mol. The second-order valence-corrected chi connectivity index (χ2v) is 8.99. The Hall–Kier alpha value is -3.62. The number of nitrogens with zero attached hydrogens (tertiary/aromatic N) is 1. The van der Waals surface area contributed by atoms with E-state index in [1.165, 1.54) is 36.2 Å². The first-order valence-electron chi connectivity index (χ1n) is 12.0. The second-order valence-electron chi connectivity index (χ2n) is 8.99. The quantitative estimate of drug-likeness (QED) is 0.482. The minimum Gasteiger partial charge on any atom is -0.508 e. The van der Waals surface area contributed by atoms with Gasteiger partial charge >= 0.3 is 6.09 Å². The van der Waals surface area contributed by atoms with Crippen LogP contribution in [0.4, 0.5) is 9.18 Å². The van der Waals surface area contributed by atoms with Gasteiger partial charge in [0.2, 0.25) is 11.8 Å². The highest BCUT2D eigenvalue weighted by molar-refractivity contribution is 5.89. The van der Waals surface area contributed by atoms with Crippen molar-refractivity contribution >= 4 is 17.9 Å². The van der Waals surface area contributed by atoms with Crippen molar-refractivity contribution < 1.29 is 28.6 Å². The molecule has 0 saturated heterocycles. The summed E-state index contributed by atoms with van der Waals surface area (Å²) >= 11 is 0. The Morgan fingerprint density at radius 1 is 1.00 bits per heavy atom. The van der Waals surface area contributed by atoms with Crippen LogP contribution in [0.5, 0.6) is 5.75 Å². The Morgan fingerprint density at radius 2 is 1.56 bits per heavy atom. The number of phenolic OH excluding ortho intramolecular Hbond substituents is 1. The third-order valence-electron chi connectivity index (χ3n) is 4.77. The first-order valence-corrected chi connectivity index (χ1v) is 12.0. The number of phenols is 1. The lowest BCUT2D eigenvalue weighted by atomic mass is 10.0. The number of carbonyl (C=O) groups excluding carboxylic acids is 3. The van der Waals surface area contributed by atoms with Crippen molar-refractivity contribution in [3.05, 3.63) is 65.5 Å². The summed E-state index contributed by atoms with van der Waals surface area (Å²) in [6, 6.07) is 11.3. The average molecular weight is 504 g/mol. The van der Waals surface area contributed by atoms with E-state index in [1.54, 1.807) is 45.0 Å². The fourth-order valence-electron chi connectivity index (χ4n) is 3.13. The minimum atomic E-state index is -1.00. The lowest BCUT2D eigenvalue weighted by molar-refractivity contribution is -0.136. The molecule has 0 aliphatic carbocycles. The van der Waals surface area contributed by atoms with Gasteiger partial charge in [-0.15, -0.1) is 0 Å². The van der Waals surface area contributed by atoms with Crippen LogP contribution in [0.2, 0.25) is 0 Å². The Morgan fingerprint density at radius 3 is 2.11 bits per heavy atom. The third kappa shape index (κ3) is 11.7. The van der Waals surface area contributed by atoms with Crippen LogP contribution in [0.3, 0.4) is 0 Å². The zero-order valence-corrected chi connectivity index (χ0v) is 21.9. The molecule has 1 unspecified atom stereocenters. The van der Waals surface area contributed by atoms with Crippen LogP contribution >= 0.6 is 0 Å². The number of amides is 3. The number of hydrogen-bond acceptors (Lipinski definition) is 5. The molecule has 0 aromatic heterocycles. The third-order valence-corrected chi connectivity index (χ3v) is 4.77. The van der Waals surface area contributed by atoms with Crippen molar-refractivity contribution in [2.24, 2.45) is 0 Å². The maximum atomic E-state index is 13.3. The van der Waals surface area contributed by atoms with Crippen molar-refractivity contribution in [1.82, 2.24) is 15.5 Å². The summed E-state index contributed by atoms with van der Waals surface area (Å²) in [5, 5.41) is 14.6. The highest BCUT2D eigenvalue weighted by Gasteiger charge is 2.27. The smallest absolute Gasteiger partial charge is 0.408 e. The molecule has 0 radical (unpaired) electrons. The van der Waals surface area contributed by atoms with Gasteiger partial charge in [-0.3, -0.25) is 9.59 Å². The van der Waals surface area contributed by atoms with Gasteiger partial charge in [0.1, 0.15) is 23.2 Å². The number of aromatic hydroxyl groups is 1. The molecule has 0 fully saturated rings. The van der Waals surface area contributed by atoms with Crippen molar-refractivity contribution in [1.29, 1.82) is 0 Å². The molecule has 0 spiro atoms. The molecule has 8 nitrogen and oxygen atoms in total. The molecule has 0 aliphatic rings. The van der Waals surface area contributed by atoms with E-state index in [2.05, 4.69) is 10.6 Å². The summed E-state index contributed by atoms with van der Waals surface area (Å²) in [5.41, 5.74) is 0.836. The van der Waals surface area contributed by atoms with Gasteiger partial charge in [0.25, 0.3) is 0 Å². The van der Waals surface area contributed by atoms with Gasteiger partial charge in [-0.2, -0.15) is 0 Å². The van der Waals surface area contributed by atoms with Crippen LogP contribution in [-0.4, -0.2) is 59.7 Å². The van der Waals surface area contributed by atoms with E-state index in [9.17, 15) is 23.9 Å². The largest absolute Gasteiger partial charge is 0.508 e. The Kier molecular flexibility index (Phi) is 12.4. The SMILES string of the molecule is CC.CN(CC(=O)NCCc1ccc(O)cc1)C(=O)C(Cc1ccc(F)cc1)NC(=O)OC(C)(C)C. The Bertz CT molecular complexity index is 972. The molecule has 2 rings (SSSR count). The predicted molar refractivity (Wildman–Crippen MR) is 137 cm³/mol. The molecule has 2 aromatic rings. The average Bonchev–Trinajstić information content (AvgIpc) is 2.81. The number of likely N-dealkylation sites (N-methyl/N-ethyl adjacent to an activating group) is 1. The molecule has 198 valence electrons. The molecule has 9 heteroatoms. The van der Waals surface area contributed by atoms with Crippen LogP contribution in [0, 0.1) is 5.82 Å². The van der Waals surface area contributed by atoms with Gasteiger partial charge in [-0.1, -0.05) is 38.1 Å². The zero-order valence-electron chi connectivity index (χ0n) is 21.9. The lowest BCUT2D eigenvalue weighted by Crippen LogP contribution is -2.51. The highest BCUT2D eigenvalue weighted by atomic mass is 19.1. The van der Waals surface area contributed by atoms with Gasteiger partial charge in [0, 0.05) is 20.0 Å². The summed E-state index contributed by atoms with van der Waals surface area (Å²) in [7, 11) is 1.47. The monoisotopic (exact) mass is 503 g/mol. The summed E-state index contributed by atoms with van der Waals surface area (Å²) in [4.78, 5) is 38.9. The summed E-state index contributed by atoms with van der Waals surface area (Å²) in [6.45, 7) is 9.28. The fraction of sp³-hybridized carbons (Fsp3) is 0.444. The predicted octanol–water partition coefficient (Wildman–Crippen LogP) is 3.81. The molecule has 0 saturated carbocycles. The highest BCUT2D eigenvalue weighted by Crippen LogP contribution is 2.11. The molecule has 0 heterocycles. The molecule has 1 atom stereocenters. The standard InChI is InChI=1S/C25H32FN3O5.C2H6/c1-25(2,3)34-24(33)28-21(15-18-5-9-19(26)10-6-18)23(32)29(4)16-22(31)27-14-13-17-7-11-20(30)12-8-17;1-2/h5-12,21,30H,13-16H2,1-4H3,(H,27,31)(H,28,33);1-2H3. The summed E-state index contributed by atoms with van der Waals surface area (Å²) < 4.78 is 18.5. The number of rotatable bonds is 9. The number of halogens is 1. The van der Waals surface area contributed by atoms with Crippen LogP contribution in [0.1, 0.15) is 45.7 Å². The first kappa shape index (κ1) is 30.4. The van der Waals surface area contributed by atoms with Crippen LogP contribution in [-0.2, 0) is 27.2 Å². The summed E-state index contributed by atoms with van der Waals surface area (Å²) in [6.07, 6.45) is -0.0953. The molecular formula is C27H38FN3O5. The number of alkyl carbamates (subject to hydrolysis) is 1. The number of benzene rings is 2. The Balaban J connectivity index is 0.00000316. The minimum absolute atomic E-state index is 0.102. The molecule has 0 aliphatic heterocycles. The van der Waals surface area contributed by atoms with Crippen LogP contribution in [0.25, 0.3) is 0 Å².